The SMILES string of the molecule is CC/C=C\C/C=C\C/C=C\C/C=C\C/C=C\CCCCCCCCCCCCCCCCCCCCCCCC(=O)OC(CO)COC(=O)CCCCCCCCCCCCCCCC/C=C\C/C=C\C/C=C\C/C=C\CC. The van der Waals surface area contributed by atoms with Crippen LogP contribution in [0.25, 0.3) is 0 Å². The maximum absolute atomic E-state index is 12.4. The van der Waals surface area contributed by atoms with Crippen LogP contribution in [0.1, 0.15) is 322 Å². The standard InChI is InChI=1S/C73H126O5/c1-3-5-7-9-11-13-15-17-19-21-23-25-27-29-31-32-33-34-35-36-37-38-39-40-42-44-46-48-50-52-54-56-58-60-62-64-66-68-73(76)78-71(69-74)70-77-72(75)67-65-63-61-59-57-55-53-51-49-47-45-43-41-30-28-26-24-22-20-18-16-14-12-10-8-6-4-2/h5-8,11-14,17-20,23-26,29,31,71,74H,3-4,9-10,15-16,21-22,27-28,30,32-70H2,1-2H3/b7-5-,8-6-,13-11-,14-12-,19-17-,20-18-,25-23-,26-24-,31-29-. The summed E-state index contributed by atoms with van der Waals surface area (Å²) in [5.74, 6) is -0.580. The van der Waals surface area contributed by atoms with Crippen molar-refractivity contribution in [3.8, 4) is 0 Å². The fourth-order valence-corrected chi connectivity index (χ4v) is 9.64. The van der Waals surface area contributed by atoms with Gasteiger partial charge < -0.3 is 14.6 Å². The van der Waals surface area contributed by atoms with Gasteiger partial charge in [0.15, 0.2) is 6.10 Å². The van der Waals surface area contributed by atoms with Gasteiger partial charge in [-0.25, -0.2) is 0 Å². The molecule has 0 bridgehead atoms. The molecule has 0 aromatic rings. The van der Waals surface area contributed by atoms with Crippen LogP contribution >= 0.6 is 0 Å². The lowest BCUT2D eigenvalue weighted by molar-refractivity contribution is -0.161. The average molecular weight is 1080 g/mol. The van der Waals surface area contributed by atoms with E-state index in [0.717, 1.165) is 96.3 Å². The monoisotopic (exact) mass is 1080 g/mol. The van der Waals surface area contributed by atoms with Gasteiger partial charge in [-0.05, 0) is 96.3 Å². The molecular weight excluding hydrogens is 957 g/mol. The number of unbranched alkanes of at least 4 members (excludes halogenated alkanes) is 35. The predicted octanol–water partition coefficient (Wildman–Crippen LogP) is 23.2. The van der Waals surface area contributed by atoms with Crippen molar-refractivity contribution in [1.29, 1.82) is 0 Å². The molecule has 0 heterocycles. The Hall–Kier alpha value is -3.44. The minimum Gasteiger partial charge on any atom is -0.462 e. The third-order valence-electron chi connectivity index (χ3n) is 14.6. The molecule has 0 radical (unpaired) electrons. The van der Waals surface area contributed by atoms with Crippen molar-refractivity contribution in [1.82, 2.24) is 0 Å². The molecule has 5 heteroatoms. The Morgan fingerprint density at radius 3 is 0.769 bits per heavy atom. The van der Waals surface area contributed by atoms with Crippen LogP contribution in [0.4, 0.5) is 0 Å². The number of carbonyl (C=O) groups is 2. The molecule has 78 heavy (non-hydrogen) atoms. The van der Waals surface area contributed by atoms with Gasteiger partial charge in [0.25, 0.3) is 0 Å². The molecule has 0 aliphatic heterocycles. The van der Waals surface area contributed by atoms with Crippen LogP contribution in [0, 0.1) is 0 Å². The van der Waals surface area contributed by atoms with Crippen LogP contribution in [0.3, 0.4) is 0 Å². The molecule has 5 nitrogen and oxygen atoms in total. The molecule has 0 saturated carbocycles. The molecule has 0 spiro atoms. The lowest BCUT2D eigenvalue weighted by atomic mass is 10.0. The summed E-state index contributed by atoms with van der Waals surface area (Å²) in [7, 11) is 0. The maximum atomic E-state index is 12.4. The Kier molecular flexibility index (Phi) is 64.8. The second-order valence-corrected chi connectivity index (χ2v) is 22.1. The summed E-state index contributed by atoms with van der Waals surface area (Å²) in [4.78, 5) is 24.6. The largest absolute Gasteiger partial charge is 0.462 e. The molecule has 0 saturated heterocycles. The van der Waals surface area contributed by atoms with Crippen molar-refractivity contribution < 1.29 is 24.2 Å². The summed E-state index contributed by atoms with van der Waals surface area (Å²) in [5, 5.41) is 9.70. The van der Waals surface area contributed by atoms with Crippen molar-refractivity contribution in [3.63, 3.8) is 0 Å². The normalized spacial score (nSPS) is 12.9. The van der Waals surface area contributed by atoms with E-state index in [-0.39, 0.29) is 25.2 Å². The highest BCUT2D eigenvalue weighted by molar-refractivity contribution is 5.70. The molecule has 448 valence electrons. The summed E-state index contributed by atoms with van der Waals surface area (Å²) >= 11 is 0. The molecule has 0 rings (SSSR count). The highest BCUT2D eigenvalue weighted by atomic mass is 16.6. The van der Waals surface area contributed by atoms with Crippen molar-refractivity contribution in [3.05, 3.63) is 109 Å². The zero-order valence-corrected chi connectivity index (χ0v) is 51.4. The summed E-state index contributed by atoms with van der Waals surface area (Å²) in [6, 6.07) is 0. The number of allylic oxidation sites excluding steroid dienone is 18. The molecule has 1 atom stereocenters. The zero-order valence-electron chi connectivity index (χ0n) is 51.4. The maximum Gasteiger partial charge on any atom is 0.306 e. The smallest absolute Gasteiger partial charge is 0.306 e. The Bertz CT molecular complexity index is 1510. The first kappa shape index (κ1) is 74.6. The quantitative estimate of drug-likeness (QED) is 0.0373. The van der Waals surface area contributed by atoms with Crippen LogP contribution in [0.5, 0.6) is 0 Å². The van der Waals surface area contributed by atoms with Crippen LogP contribution < -0.4 is 0 Å². The number of ether oxygens (including phenoxy) is 2. The summed E-state index contributed by atoms with van der Waals surface area (Å²) in [6.45, 7) is 3.95. The fourth-order valence-electron chi connectivity index (χ4n) is 9.64. The molecule has 0 aromatic carbocycles. The van der Waals surface area contributed by atoms with Gasteiger partial charge >= 0.3 is 11.9 Å². The number of aliphatic hydroxyl groups excluding tert-OH is 1. The highest BCUT2D eigenvalue weighted by Gasteiger charge is 2.16. The molecule has 0 amide bonds. The number of esters is 2. The second-order valence-electron chi connectivity index (χ2n) is 22.1. The van der Waals surface area contributed by atoms with Gasteiger partial charge in [-0.15, -0.1) is 0 Å². The molecule has 1 N–H and O–H groups in total. The number of hydrogen-bond acceptors (Lipinski definition) is 5. The summed E-state index contributed by atoms with van der Waals surface area (Å²) in [6.07, 6.45) is 98.2. The van der Waals surface area contributed by atoms with E-state index < -0.39 is 6.10 Å². The van der Waals surface area contributed by atoms with Crippen molar-refractivity contribution >= 4 is 11.9 Å². The van der Waals surface area contributed by atoms with Crippen LogP contribution in [0.15, 0.2) is 109 Å². The van der Waals surface area contributed by atoms with E-state index in [1.165, 1.54) is 199 Å². The molecule has 1 unspecified atom stereocenters. The first-order chi connectivity index (χ1) is 38.6. The van der Waals surface area contributed by atoms with Crippen molar-refractivity contribution in [2.24, 2.45) is 0 Å². The summed E-state index contributed by atoms with van der Waals surface area (Å²) in [5.41, 5.74) is 0. The predicted molar refractivity (Wildman–Crippen MR) is 343 cm³/mol. The number of hydrogen-bond donors (Lipinski definition) is 1. The van der Waals surface area contributed by atoms with E-state index in [9.17, 15) is 14.7 Å². The molecular formula is C73H126O5. The van der Waals surface area contributed by atoms with Gasteiger partial charge in [0.05, 0.1) is 6.61 Å². The Balaban J connectivity index is 3.44. The Labute approximate surface area is 484 Å². The fraction of sp³-hybridized carbons (Fsp3) is 0.726. The highest BCUT2D eigenvalue weighted by Crippen LogP contribution is 2.18. The Morgan fingerprint density at radius 2 is 0.513 bits per heavy atom. The minimum atomic E-state index is -0.777. The zero-order chi connectivity index (χ0) is 56.2. The molecule has 0 fully saturated rings. The number of rotatable bonds is 61. The van der Waals surface area contributed by atoms with Gasteiger partial charge in [-0.3, -0.25) is 9.59 Å². The van der Waals surface area contributed by atoms with Crippen molar-refractivity contribution in [2.45, 2.75) is 328 Å². The van der Waals surface area contributed by atoms with Crippen molar-refractivity contribution in [2.75, 3.05) is 13.2 Å². The van der Waals surface area contributed by atoms with Gasteiger partial charge in [-0.1, -0.05) is 322 Å². The van der Waals surface area contributed by atoms with Crippen LogP contribution in [0.2, 0.25) is 0 Å². The second kappa shape index (κ2) is 67.8. The van der Waals surface area contributed by atoms with Gasteiger partial charge in [0.2, 0.25) is 0 Å². The Morgan fingerprint density at radius 1 is 0.295 bits per heavy atom. The topological polar surface area (TPSA) is 72.8 Å². The van der Waals surface area contributed by atoms with Gasteiger partial charge in [0.1, 0.15) is 6.61 Å². The van der Waals surface area contributed by atoms with E-state index in [0.29, 0.717) is 12.8 Å². The van der Waals surface area contributed by atoms with Crippen LogP contribution in [-0.4, -0.2) is 36.4 Å². The van der Waals surface area contributed by atoms with E-state index >= 15 is 0 Å². The van der Waals surface area contributed by atoms with E-state index in [2.05, 4.69) is 123 Å². The average Bonchev–Trinajstić information content (AvgIpc) is 3.44. The summed E-state index contributed by atoms with van der Waals surface area (Å²) < 4.78 is 10.8. The lowest BCUT2D eigenvalue weighted by Crippen LogP contribution is -2.28. The van der Waals surface area contributed by atoms with Gasteiger partial charge in [-0.2, -0.15) is 0 Å². The third kappa shape index (κ3) is 65.1. The van der Waals surface area contributed by atoms with Gasteiger partial charge in [0, 0.05) is 12.8 Å². The first-order valence-electron chi connectivity index (χ1n) is 33.4. The van der Waals surface area contributed by atoms with E-state index in [1.807, 2.05) is 0 Å². The molecule has 0 aliphatic carbocycles. The molecule has 0 aliphatic rings. The third-order valence-corrected chi connectivity index (χ3v) is 14.6. The minimum absolute atomic E-state index is 0.0664. The number of carbonyl (C=O) groups excluding carboxylic acids is 2. The van der Waals surface area contributed by atoms with E-state index in [4.69, 9.17) is 9.47 Å². The van der Waals surface area contributed by atoms with Crippen LogP contribution in [-0.2, 0) is 19.1 Å². The first-order valence-corrected chi connectivity index (χ1v) is 33.4. The van der Waals surface area contributed by atoms with E-state index in [1.54, 1.807) is 0 Å². The number of aliphatic hydroxyl groups is 1. The lowest BCUT2D eigenvalue weighted by Gasteiger charge is -2.15. The molecule has 0 aromatic heterocycles.